The molecule has 1 aliphatic rings. The number of pyridine rings is 1. The van der Waals surface area contributed by atoms with Gasteiger partial charge in [-0.2, -0.15) is 0 Å². The Morgan fingerprint density at radius 2 is 1.92 bits per heavy atom. The van der Waals surface area contributed by atoms with Crippen LogP contribution in [-0.4, -0.2) is 10.9 Å². The number of hydrogen-bond acceptors (Lipinski definition) is 4. The maximum atomic E-state index is 13.2. The van der Waals surface area contributed by atoms with Crippen LogP contribution < -0.4 is 15.6 Å². The van der Waals surface area contributed by atoms with Crippen LogP contribution in [0.15, 0.2) is 48.3 Å². The van der Waals surface area contributed by atoms with Gasteiger partial charge in [-0.15, -0.1) is 0 Å². The van der Waals surface area contributed by atoms with E-state index in [0.29, 0.717) is 11.3 Å². The van der Waals surface area contributed by atoms with Crippen molar-refractivity contribution in [3.05, 3.63) is 65.0 Å². The van der Waals surface area contributed by atoms with Gasteiger partial charge in [0.25, 0.3) is 12.3 Å². The number of allylic oxidation sites excluding steroid dienone is 1. The summed E-state index contributed by atoms with van der Waals surface area (Å²) >= 11 is 0. The Bertz CT molecular complexity index is 883. The standard InChI is InChI=1S/C19H19F2N3O2/c1-11-10-19(3,18(25)24-23-11)14-7-4-8-15(12(14)2)26-17-13(16(20)21)6-5-9-22-17/h4-10,16,23H,1-3H3,(H,24,25). The van der Waals surface area contributed by atoms with Crippen LogP contribution in [0.2, 0.25) is 0 Å². The van der Waals surface area contributed by atoms with Gasteiger partial charge in [-0.1, -0.05) is 12.1 Å². The summed E-state index contributed by atoms with van der Waals surface area (Å²) in [6.45, 7) is 5.43. The van der Waals surface area contributed by atoms with Crippen LogP contribution in [0.3, 0.4) is 0 Å². The Labute approximate surface area is 150 Å². The number of benzene rings is 1. The molecule has 1 aromatic heterocycles. The van der Waals surface area contributed by atoms with Gasteiger partial charge in [0.15, 0.2) is 0 Å². The quantitative estimate of drug-likeness (QED) is 0.869. The van der Waals surface area contributed by atoms with Crippen molar-refractivity contribution in [2.24, 2.45) is 0 Å². The highest BCUT2D eigenvalue weighted by molar-refractivity contribution is 5.91. The number of ether oxygens (including phenoxy) is 1. The Kier molecular flexibility index (Phi) is 4.63. The summed E-state index contributed by atoms with van der Waals surface area (Å²) in [7, 11) is 0. The molecule has 0 fully saturated rings. The Balaban J connectivity index is 2.04. The minimum absolute atomic E-state index is 0.144. The first-order chi connectivity index (χ1) is 12.3. The van der Waals surface area contributed by atoms with E-state index in [1.165, 1.54) is 18.3 Å². The zero-order valence-corrected chi connectivity index (χ0v) is 14.6. The van der Waals surface area contributed by atoms with Crippen LogP contribution in [0.4, 0.5) is 8.78 Å². The van der Waals surface area contributed by atoms with Gasteiger partial charge in [0.1, 0.15) is 5.75 Å². The minimum atomic E-state index is -2.69. The van der Waals surface area contributed by atoms with Gasteiger partial charge in [-0.05, 0) is 56.2 Å². The molecule has 1 unspecified atom stereocenters. The van der Waals surface area contributed by atoms with Crippen LogP contribution in [0.5, 0.6) is 11.6 Å². The summed E-state index contributed by atoms with van der Waals surface area (Å²) in [5, 5.41) is 0. The van der Waals surface area contributed by atoms with Crippen LogP contribution >= 0.6 is 0 Å². The number of nitrogens with one attached hydrogen (secondary N) is 2. The number of carbonyl (C=O) groups is 1. The van der Waals surface area contributed by atoms with E-state index in [-0.39, 0.29) is 17.4 Å². The lowest BCUT2D eigenvalue weighted by atomic mass is 9.78. The van der Waals surface area contributed by atoms with Gasteiger partial charge >= 0.3 is 0 Å². The molecule has 2 N–H and O–H groups in total. The summed E-state index contributed by atoms with van der Waals surface area (Å²) in [4.78, 5) is 16.4. The molecule has 2 heterocycles. The highest BCUT2D eigenvalue weighted by Gasteiger charge is 2.37. The number of amides is 1. The van der Waals surface area contributed by atoms with Crippen molar-refractivity contribution in [2.45, 2.75) is 32.6 Å². The van der Waals surface area contributed by atoms with E-state index in [1.54, 1.807) is 26.0 Å². The molecule has 2 aromatic rings. The van der Waals surface area contributed by atoms with Gasteiger partial charge in [0, 0.05) is 11.9 Å². The second-order valence-electron chi connectivity index (χ2n) is 6.34. The molecule has 3 rings (SSSR count). The molecule has 1 atom stereocenters. The molecule has 0 saturated heterocycles. The number of halogens is 2. The Morgan fingerprint density at radius 3 is 2.65 bits per heavy atom. The normalized spacial score (nSPS) is 19.6. The first-order valence-electron chi connectivity index (χ1n) is 8.10. The zero-order chi connectivity index (χ0) is 18.9. The van der Waals surface area contributed by atoms with Gasteiger partial charge in [0.05, 0.1) is 11.0 Å². The van der Waals surface area contributed by atoms with Crippen molar-refractivity contribution in [3.63, 3.8) is 0 Å². The van der Waals surface area contributed by atoms with Crippen molar-refractivity contribution >= 4 is 5.91 Å². The fourth-order valence-corrected chi connectivity index (χ4v) is 3.07. The van der Waals surface area contributed by atoms with E-state index < -0.39 is 11.8 Å². The molecule has 0 radical (unpaired) electrons. The second kappa shape index (κ2) is 6.74. The molecule has 5 nitrogen and oxygen atoms in total. The maximum absolute atomic E-state index is 13.2. The van der Waals surface area contributed by atoms with Crippen molar-refractivity contribution in [3.8, 4) is 11.6 Å². The SMILES string of the molecule is CC1=CC(C)(c2cccc(Oc3ncccc3C(F)F)c2C)C(=O)NN1. The number of hydrazine groups is 1. The van der Waals surface area contributed by atoms with E-state index in [4.69, 9.17) is 4.74 Å². The van der Waals surface area contributed by atoms with E-state index in [0.717, 1.165) is 11.3 Å². The highest BCUT2D eigenvalue weighted by Crippen LogP contribution is 2.37. The lowest BCUT2D eigenvalue weighted by Gasteiger charge is -2.32. The van der Waals surface area contributed by atoms with Crippen molar-refractivity contribution in [2.75, 3.05) is 0 Å². The number of alkyl halides is 2. The predicted octanol–water partition coefficient (Wildman–Crippen LogP) is 3.92. The predicted molar refractivity (Wildman–Crippen MR) is 92.8 cm³/mol. The van der Waals surface area contributed by atoms with Crippen LogP contribution in [0.1, 0.15) is 37.0 Å². The highest BCUT2D eigenvalue weighted by atomic mass is 19.3. The van der Waals surface area contributed by atoms with Crippen molar-refractivity contribution in [1.29, 1.82) is 0 Å². The smallest absolute Gasteiger partial charge is 0.269 e. The third-order valence-corrected chi connectivity index (χ3v) is 4.44. The number of rotatable bonds is 4. The molecule has 1 aromatic carbocycles. The third kappa shape index (κ3) is 3.12. The van der Waals surface area contributed by atoms with Gasteiger partial charge in [-0.25, -0.2) is 13.8 Å². The molecule has 136 valence electrons. The van der Waals surface area contributed by atoms with Gasteiger partial charge in [-0.3, -0.25) is 10.2 Å². The lowest BCUT2D eigenvalue weighted by molar-refractivity contribution is -0.126. The molecular weight excluding hydrogens is 340 g/mol. The average Bonchev–Trinajstić information content (AvgIpc) is 2.60. The summed E-state index contributed by atoms with van der Waals surface area (Å²) in [6.07, 6.45) is 0.526. The lowest BCUT2D eigenvalue weighted by Crippen LogP contribution is -2.51. The molecule has 0 spiro atoms. The molecule has 26 heavy (non-hydrogen) atoms. The molecule has 0 aliphatic carbocycles. The number of nitrogens with zero attached hydrogens (tertiary/aromatic N) is 1. The van der Waals surface area contributed by atoms with E-state index in [1.807, 2.05) is 19.1 Å². The van der Waals surface area contributed by atoms with Crippen LogP contribution in [0.25, 0.3) is 0 Å². The fourth-order valence-electron chi connectivity index (χ4n) is 3.07. The molecule has 0 saturated carbocycles. The molecule has 0 bridgehead atoms. The topological polar surface area (TPSA) is 63.2 Å². The molecule has 1 aliphatic heterocycles. The summed E-state index contributed by atoms with van der Waals surface area (Å²) in [6, 6.07) is 7.93. The van der Waals surface area contributed by atoms with E-state index >= 15 is 0 Å². The van der Waals surface area contributed by atoms with Crippen molar-refractivity contribution < 1.29 is 18.3 Å². The minimum Gasteiger partial charge on any atom is -0.438 e. The largest absolute Gasteiger partial charge is 0.438 e. The zero-order valence-electron chi connectivity index (χ0n) is 14.6. The first kappa shape index (κ1) is 17.8. The van der Waals surface area contributed by atoms with E-state index in [9.17, 15) is 13.6 Å². The van der Waals surface area contributed by atoms with Crippen molar-refractivity contribution in [1.82, 2.24) is 15.8 Å². The van der Waals surface area contributed by atoms with E-state index in [2.05, 4.69) is 15.8 Å². The summed E-state index contributed by atoms with van der Waals surface area (Å²) in [5.41, 5.74) is 6.45. The Morgan fingerprint density at radius 1 is 1.15 bits per heavy atom. The van der Waals surface area contributed by atoms with Crippen LogP contribution in [-0.2, 0) is 10.2 Å². The van der Waals surface area contributed by atoms with Gasteiger partial charge < -0.3 is 10.2 Å². The van der Waals surface area contributed by atoms with Crippen LogP contribution in [0, 0.1) is 6.92 Å². The number of aromatic nitrogens is 1. The monoisotopic (exact) mass is 359 g/mol. The number of carbonyl (C=O) groups excluding carboxylic acids is 1. The first-order valence-corrected chi connectivity index (χ1v) is 8.10. The summed E-state index contributed by atoms with van der Waals surface area (Å²) < 4.78 is 32.0. The molecular formula is C19H19F2N3O2. The number of hydrogen-bond donors (Lipinski definition) is 2. The second-order valence-corrected chi connectivity index (χ2v) is 6.34. The summed E-state index contributed by atoms with van der Waals surface area (Å²) in [5.74, 6) is 0.0190. The third-order valence-electron chi connectivity index (χ3n) is 4.44. The molecule has 7 heteroatoms. The fraction of sp³-hybridized carbons (Fsp3) is 0.263. The van der Waals surface area contributed by atoms with Gasteiger partial charge in [0.2, 0.25) is 5.88 Å². The maximum Gasteiger partial charge on any atom is 0.269 e. The average molecular weight is 359 g/mol. The molecule has 1 amide bonds. The Hall–Kier alpha value is -2.96.